The molecule has 1 rings (SSSR count). The second kappa shape index (κ2) is 4.42. The van der Waals surface area contributed by atoms with Crippen LogP contribution in [0.3, 0.4) is 0 Å². The van der Waals surface area contributed by atoms with Gasteiger partial charge < -0.3 is 0 Å². The summed E-state index contributed by atoms with van der Waals surface area (Å²) >= 11 is 0. The van der Waals surface area contributed by atoms with Crippen LogP contribution in [0.25, 0.3) is 0 Å². The topological polar surface area (TPSA) is 34.1 Å². The number of aryl methyl sites for hydroxylation is 2. The van der Waals surface area contributed by atoms with Gasteiger partial charge in [0.05, 0.1) is 4.90 Å². The molecule has 0 saturated carbocycles. The Kier molecular flexibility index (Phi) is 3.48. The predicted octanol–water partition coefficient (Wildman–Crippen LogP) is 1.78. The van der Waals surface area contributed by atoms with Crippen LogP contribution in [0.5, 0.6) is 0 Å². The van der Waals surface area contributed by atoms with E-state index < -0.39 is 10.7 Å². The summed E-state index contributed by atoms with van der Waals surface area (Å²) in [5.41, 5.74) is 1.85. The standard InChI is InChI=1S/C10H14O2S/c1-3-8-6-5-7-9(4-2)10(8)13(11)12/h5-7,13H,3-4H2,1-2H3. The Balaban J connectivity index is 3.38. The summed E-state index contributed by atoms with van der Waals surface area (Å²) in [5.74, 6) is 0. The highest BCUT2D eigenvalue weighted by molar-refractivity contribution is 7.72. The van der Waals surface area contributed by atoms with E-state index in [9.17, 15) is 8.42 Å². The molecule has 0 aliphatic rings. The smallest absolute Gasteiger partial charge is 0.168 e. The van der Waals surface area contributed by atoms with Crippen molar-refractivity contribution < 1.29 is 8.42 Å². The molecule has 0 spiro atoms. The van der Waals surface area contributed by atoms with Crippen LogP contribution in [0.15, 0.2) is 23.1 Å². The number of thiol groups is 1. The third-order valence-electron chi connectivity index (χ3n) is 2.15. The first-order valence-corrected chi connectivity index (χ1v) is 5.63. The van der Waals surface area contributed by atoms with Crippen LogP contribution in [0.2, 0.25) is 0 Å². The monoisotopic (exact) mass is 198 g/mol. The lowest BCUT2D eigenvalue weighted by atomic mass is 10.1. The normalized spacial score (nSPS) is 10.7. The molecule has 2 nitrogen and oxygen atoms in total. The molecule has 72 valence electrons. The molecule has 0 bridgehead atoms. The van der Waals surface area contributed by atoms with Crippen LogP contribution in [-0.4, -0.2) is 8.42 Å². The summed E-state index contributed by atoms with van der Waals surface area (Å²) in [5, 5.41) is 0. The van der Waals surface area contributed by atoms with Gasteiger partial charge in [-0.2, -0.15) is 0 Å². The summed E-state index contributed by atoms with van der Waals surface area (Å²) in [7, 11) is -2.45. The zero-order valence-electron chi connectivity index (χ0n) is 7.91. The van der Waals surface area contributed by atoms with Gasteiger partial charge in [-0.05, 0) is 24.0 Å². The van der Waals surface area contributed by atoms with Crippen molar-refractivity contribution in [2.45, 2.75) is 31.6 Å². The Hall–Kier alpha value is -0.830. The lowest BCUT2D eigenvalue weighted by Crippen LogP contribution is -1.96. The maximum Gasteiger partial charge on any atom is 0.168 e. The van der Waals surface area contributed by atoms with Gasteiger partial charge in [0.25, 0.3) is 0 Å². The molecule has 0 radical (unpaired) electrons. The summed E-state index contributed by atoms with van der Waals surface area (Å²) < 4.78 is 22.0. The molecule has 3 heteroatoms. The summed E-state index contributed by atoms with van der Waals surface area (Å²) in [6.07, 6.45) is 1.54. The fourth-order valence-electron chi connectivity index (χ4n) is 1.45. The van der Waals surface area contributed by atoms with E-state index in [1.54, 1.807) is 0 Å². The fourth-order valence-corrected chi connectivity index (χ4v) is 2.38. The minimum atomic E-state index is -2.45. The average molecular weight is 198 g/mol. The highest BCUT2D eigenvalue weighted by Gasteiger charge is 2.07. The number of hydrogen-bond acceptors (Lipinski definition) is 2. The van der Waals surface area contributed by atoms with Gasteiger partial charge in [0.15, 0.2) is 10.7 Å². The first-order chi connectivity index (χ1) is 6.20. The Labute approximate surface area is 80.5 Å². The van der Waals surface area contributed by atoms with Crippen LogP contribution in [0, 0.1) is 0 Å². The van der Waals surface area contributed by atoms with E-state index in [0.29, 0.717) is 4.90 Å². The van der Waals surface area contributed by atoms with Gasteiger partial charge in [0, 0.05) is 0 Å². The number of benzene rings is 1. The minimum absolute atomic E-state index is 0.530. The average Bonchev–Trinajstić information content (AvgIpc) is 2.16. The molecule has 0 aromatic heterocycles. The lowest BCUT2D eigenvalue weighted by Gasteiger charge is -2.06. The molecular weight excluding hydrogens is 184 g/mol. The quantitative estimate of drug-likeness (QED) is 0.751. The number of rotatable bonds is 3. The molecule has 0 heterocycles. The highest BCUT2D eigenvalue weighted by Crippen LogP contribution is 2.17. The maximum atomic E-state index is 11.0. The van der Waals surface area contributed by atoms with Crippen LogP contribution in [-0.2, 0) is 23.5 Å². The minimum Gasteiger partial charge on any atom is -0.227 e. The molecule has 0 unspecified atom stereocenters. The summed E-state index contributed by atoms with van der Waals surface area (Å²) in [6.45, 7) is 3.94. The fraction of sp³-hybridized carbons (Fsp3) is 0.400. The Morgan fingerprint density at radius 1 is 1.08 bits per heavy atom. The second-order valence-electron chi connectivity index (χ2n) is 2.89. The van der Waals surface area contributed by atoms with E-state index >= 15 is 0 Å². The summed E-state index contributed by atoms with van der Waals surface area (Å²) in [4.78, 5) is 0.530. The van der Waals surface area contributed by atoms with Crippen molar-refractivity contribution in [3.63, 3.8) is 0 Å². The number of hydrogen-bond donors (Lipinski definition) is 1. The van der Waals surface area contributed by atoms with E-state index in [0.717, 1.165) is 24.0 Å². The van der Waals surface area contributed by atoms with Crippen molar-refractivity contribution in [1.29, 1.82) is 0 Å². The van der Waals surface area contributed by atoms with Crippen LogP contribution < -0.4 is 0 Å². The third-order valence-corrected chi connectivity index (χ3v) is 3.09. The summed E-state index contributed by atoms with van der Waals surface area (Å²) in [6, 6.07) is 5.67. The van der Waals surface area contributed by atoms with Gasteiger partial charge in [-0.25, -0.2) is 8.42 Å². The maximum absolute atomic E-state index is 11.0. The van der Waals surface area contributed by atoms with Gasteiger partial charge in [-0.1, -0.05) is 32.0 Å². The molecule has 0 N–H and O–H groups in total. The Morgan fingerprint density at radius 2 is 1.54 bits per heavy atom. The highest BCUT2D eigenvalue weighted by atomic mass is 32.2. The predicted molar refractivity (Wildman–Crippen MR) is 53.8 cm³/mol. The van der Waals surface area contributed by atoms with Crippen LogP contribution in [0.4, 0.5) is 0 Å². The first kappa shape index (κ1) is 10.3. The van der Waals surface area contributed by atoms with E-state index in [1.165, 1.54) is 0 Å². The van der Waals surface area contributed by atoms with Crippen molar-refractivity contribution in [2.75, 3.05) is 0 Å². The largest absolute Gasteiger partial charge is 0.227 e. The van der Waals surface area contributed by atoms with Gasteiger partial charge in [0.2, 0.25) is 0 Å². The molecule has 0 atom stereocenters. The van der Waals surface area contributed by atoms with E-state index in [-0.39, 0.29) is 0 Å². The molecule has 0 aliphatic carbocycles. The lowest BCUT2D eigenvalue weighted by molar-refractivity contribution is 0.612. The van der Waals surface area contributed by atoms with Crippen LogP contribution in [0.1, 0.15) is 25.0 Å². The van der Waals surface area contributed by atoms with Crippen LogP contribution >= 0.6 is 0 Å². The molecule has 1 aromatic carbocycles. The van der Waals surface area contributed by atoms with E-state index in [4.69, 9.17) is 0 Å². The molecule has 13 heavy (non-hydrogen) atoms. The van der Waals surface area contributed by atoms with Gasteiger partial charge in [-0.3, -0.25) is 0 Å². The molecular formula is C10H14O2S. The molecule has 1 aromatic rings. The van der Waals surface area contributed by atoms with Crippen molar-refractivity contribution in [2.24, 2.45) is 0 Å². The zero-order valence-corrected chi connectivity index (χ0v) is 8.80. The van der Waals surface area contributed by atoms with Gasteiger partial charge in [-0.15, -0.1) is 0 Å². The molecule has 0 amide bonds. The van der Waals surface area contributed by atoms with Gasteiger partial charge >= 0.3 is 0 Å². The Bertz CT molecular complexity index is 337. The molecule has 0 fully saturated rings. The SMILES string of the molecule is CCc1cccc(CC)c1[SH](=O)=O. The van der Waals surface area contributed by atoms with E-state index in [2.05, 4.69) is 0 Å². The molecule has 0 saturated heterocycles. The van der Waals surface area contributed by atoms with Crippen molar-refractivity contribution in [1.82, 2.24) is 0 Å². The Morgan fingerprint density at radius 3 is 1.85 bits per heavy atom. The van der Waals surface area contributed by atoms with Crippen molar-refractivity contribution in [3.05, 3.63) is 29.3 Å². The van der Waals surface area contributed by atoms with Gasteiger partial charge in [0.1, 0.15) is 0 Å². The van der Waals surface area contributed by atoms with E-state index in [1.807, 2.05) is 32.0 Å². The molecule has 0 aliphatic heterocycles. The third kappa shape index (κ3) is 2.10. The van der Waals surface area contributed by atoms with Crippen molar-refractivity contribution in [3.8, 4) is 0 Å². The second-order valence-corrected chi connectivity index (χ2v) is 3.85. The van der Waals surface area contributed by atoms with Crippen molar-refractivity contribution >= 4 is 10.7 Å². The first-order valence-electron chi connectivity index (χ1n) is 4.45. The zero-order chi connectivity index (χ0) is 9.84.